The lowest BCUT2D eigenvalue weighted by molar-refractivity contribution is 0.229. The Bertz CT molecular complexity index is 1050. The van der Waals surface area contributed by atoms with Crippen LogP contribution in [0.2, 0.25) is 0 Å². The molecule has 0 radical (unpaired) electrons. The minimum Gasteiger partial charge on any atom is -0.496 e. The summed E-state index contributed by atoms with van der Waals surface area (Å²) in [6.45, 7) is 11.2. The van der Waals surface area contributed by atoms with Crippen LogP contribution in [-0.2, 0) is 6.42 Å². The zero-order chi connectivity index (χ0) is 22.3. The molecule has 1 aromatic carbocycles. The van der Waals surface area contributed by atoms with Crippen LogP contribution in [0.5, 0.6) is 5.75 Å². The van der Waals surface area contributed by atoms with Crippen LogP contribution in [0.15, 0.2) is 69.9 Å². The summed E-state index contributed by atoms with van der Waals surface area (Å²) in [6.07, 6.45) is 11.1. The van der Waals surface area contributed by atoms with E-state index in [0.29, 0.717) is 23.5 Å². The average Bonchev–Trinajstić information content (AvgIpc) is 2.73. The van der Waals surface area contributed by atoms with Gasteiger partial charge in [-0.15, -0.1) is 6.58 Å². The van der Waals surface area contributed by atoms with Gasteiger partial charge in [0.15, 0.2) is 0 Å². The summed E-state index contributed by atoms with van der Waals surface area (Å²) in [7, 11) is 1.56. The summed E-state index contributed by atoms with van der Waals surface area (Å²) in [5.41, 5.74) is 4.87. The Kier molecular flexibility index (Phi) is 8.19. The molecule has 4 nitrogen and oxygen atoms in total. The maximum atomic E-state index is 12.0. The Labute approximate surface area is 178 Å². The van der Waals surface area contributed by atoms with E-state index in [-0.39, 0.29) is 5.63 Å². The van der Waals surface area contributed by atoms with Crippen LogP contribution in [0.4, 0.5) is 0 Å². The number of rotatable bonds is 8. The van der Waals surface area contributed by atoms with Gasteiger partial charge in [0.05, 0.1) is 18.8 Å². The van der Waals surface area contributed by atoms with Gasteiger partial charge in [-0.3, -0.25) is 0 Å². The summed E-state index contributed by atoms with van der Waals surface area (Å²) >= 11 is 0. The number of benzene rings is 1. The van der Waals surface area contributed by atoms with Crippen molar-refractivity contribution in [3.63, 3.8) is 0 Å². The van der Waals surface area contributed by atoms with E-state index in [0.717, 1.165) is 27.8 Å². The van der Waals surface area contributed by atoms with E-state index in [9.17, 15) is 9.90 Å². The third-order valence-corrected chi connectivity index (χ3v) is 4.97. The highest BCUT2D eigenvalue weighted by atomic mass is 16.5. The van der Waals surface area contributed by atoms with Gasteiger partial charge < -0.3 is 14.3 Å². The van der Waals surface area contributed by atoms with Gasteiger partial charge in [-0.25, -0.2) is 4.79 Å². The molecule has 0 aliphatic heterocycles. The van der Waals surface area contributed by atoms with Gasteiger partial charge in [-0.1, -0.05) is 65.8 Å². The molecule has 0 spiro atoms. The smallest absolute Gasteiger partial charge is 0.342 e. The van der Waals surface area contributed by atoms with Crippen molar-refractivity contribution in [3.8, 4) is 5.75 Å². The van der Waals surface area contributed by atoms with Crippen molar-refractivity contribution in [1.82, 2.24) is 0 Å². The Morgan fingerprint density at radius 2 is 1.97 bits per heavy atom. The van der Waals surface area contributed by atoms with Crippen LogP contribution >= 0.6 is 0 Å². The minimum absolute atomic E-state index is 0.368. The number of ether oxygens (including phenoxy) is 1. The zero-order valence-corrected chi connectivity index (χ0v) is 18.4. The topological polar surface area (TPSA) is 59.7 Å². The van der Waals surface area contributed by atoms with E-state index in [4.69, 9.17) is 9.15 Å². The normalized spacial score (nSPS) is 13.2. The molecule has 1 heterocycles. The van der Waals surface area contributed by atoms with Crippen LogP contribution in [0.3, 0.4) is 0 Å². The van der Waals surface area contributed by atoms with E-state index in [1.54, 1.807) is 14.0 Å². The second-order valence-corrected chi connectivity index (χ2v) is 7.28. The first kappa shape index (κ1) is 23.2. The number of allylic oxidation sites excluding steroid dienone is 5. The molecule has 4 heteroatoms. The van der Waals surface area contributed by atoms with Gasteiger partial charge >= 0.3 is 5.63 Å². The number of methoxy groups -OCH3 is 1. The fraction of sp³-hybridized carbons (Fsp3) is 0.269. The molecular weight excluding hydrogens is 376 g/mol. The molecule has 158 valence electrons. The quantitative estimate of drug-likeness (QED) is 0.461. The molecule has 0 amide bonds. The Balaban J connectivity index is 2.13. The lowest BCUT2D eigenvalue weighted by atomic mass is 9.99. The number of aliphatic hydroxyl groups excluding tert-OH is 1. The number of hydrogen-bond donors (Lipinski definition) is 1. The second-order valence-electron chi connectivity index (χ2n) is 7.28. The maximum absolute atomic E-state index is 12.0. The minimum atomic E-state index is -0.695. The van der Waals surface area contributed by atoms with Crippen molar-refractivity contribution in [2.45, 2.75) is 40.2 Å². The molecule has 2 rings (SSSR count). The molecule has 0 aliphatic rings. The SMILES string of the molecule is C=C[C@@H](O)c1cc(C)ccc1\C=C/C=C\C(C)=C\Cc1oc(=O)c(C)c(OC)c1C. The largest absolute Gasteiger partial charge is 0.496 e. The molecule has 0 fully saturated rings. The highest BCUT2D eigenvalue weighted by molar-refractivity contribution is 5.57. The van der Waals surface area contributed by atoms with Crippen LogP contribution in [-0.4, -0.2) is 12.2 Å². The van der Waals surface area contributed by atoms with E-state index >= 15 is 0 Å². The van der Waals surface area contributed by atoms with E-state index in [2.05, 4.69) is 6.58 Å². The predicted octanol–water partition coefficient (Wildman–Crippen LogP) is 5.55. The van der Waals surface area contributed by atoms with Gasteiger partial charge in [0.2, 0.25) is 0 Å². The van der Waals surface area contributed by atoms with Crippen molar-refractivity contribution in [2.75, 3.05) is 7.11 Å². The van der Waals surface area contributed by atoms with Crippen LogP contribution < -0.4 is 10.4 Å². The highest BCUT2D eigenvalue weighted by Crippen LogP contribution is 2.24. The zero-order valence-electron chi connectivity index (χ0n) is 18.4. The molecule has 1 N–H and O–H groups in total. The monoisotopic (exact) mass is 406 g/mol. The highest BCUT2D eigenvalue weighted by Gasteiger charge is 2.13. The molecule has 0 saturated heterocycles. The van der Waals surface area contributed by atoms with Crippen molar-refractivity contribution in [1.29, 1.82) is 0 Å². The van der Waals surface area contributed by atoms with Crippen LogP contribution in [0, 0.1) is 20.8 Å². The van der Waals surface area contributed by atoms with Gasteiger partial charge in [-0.2, -0.15) is 0 Å². The standard InChI is InChI=1S/C26H30O4/c1-7-23(27)22-16-18(3)12-14-21(22)11-9-8-10-17(2)13-15-24-19(4)25(29-6)20(5)26(28)30-24/h7-14,16,23,27H,1,15H2,2-6H3/b10-8-,11-9-,17-13+/t23-/m1/s1. The van der Waals surface area contributed by atoms with Gasteiger partial charge in [-0.05, 0) is 38.8 Å². The Morgan fingerprint density at radius 1 is 1.23 bits per heavy atom. The molecule has 30 heavy (non-hydrogen) atoms. The molecule has 0 bridgehead atoms. The fourth-order valence-electron chi connectivity index (χ4n) is 3.18. The fourth-order valence-corrected chi connectivity index (χ4v) is 3.18. The van der Waals surface area contributed by atoms with Crippen molar-refractivity contribution in [2.24, 2.45) is 0 Å². The summed E-state index contributed by atoms with van der Waals surface area (Å²) in [4.78, 5) is 12.0. The van der Waals surface area contributed by atoms with Crippen molar-refractivity contribution >= 4 is 6.08 Å². The molecule has 0 aliphatic carbocycles. The van der Waals surface area contributed by atoms with E-state index < -0.39 is 6.10 Å². The molecule has 0 saturated carbocycles. The molecule has 1 aromatic heterocycles. The summed E-state index contributed by atoms with van der Waals surface area (Å²) < 4.78 is 10.8. The molecule has 1 atom stereocenters. The van der Waals surface area contributed by atoms with Crippen molar-refractivity contribution in [3.05, 3.63) is 105 Å². The second kappa shape index (κ2) is 10.6. The predicted molar refractivity (Wildman–Crippen MR) is 123 cm³/mol. The maximum Gasteiger partial charge on any atom is 0.342 e. The lowest BCUT2D eigenvalue weighted by Gasteiger charge is -2.10. The summed E-state index contributed by atoms with van der Waals surface area (Å²) in [5.74, 6) is 1.19. The third-order valence-electron chi connectivity index (χ3n) is 4.97. The third kappa shape index (κ3) is 5.71. The lowest BCUT2D eigenvalue weighted by Crippen LogP contribution is -2.10. The molecule has 2 aromatic rings. The Morgan fingerprint density at radius 3 is 2.63 bits per heavy atom. The summed E-state index contributed by atoms with van der Waals surface area (Å²) in [6, 6.07) is 5.96. The molecular formula is C26H30O4. The number of aryl methyl sites for hydroxylation is 1. The summed E-state index contributed by atoms with van der Waals surface area (Å²) in [5, 5.41) is 10.1. The number of aliphatic hydroxyl groups is 1. The number of hydrogen-bond acceptors (Lipinski definition) is 4. The first-order valence-electron chi connectivity index (χ1n) is 9.88. The van der Waals surface area contributed by atoms with E-state index in [1.165, 1.54) is 6.08 Å². The van der Waals surface area contributed by atoms with Gasteiger partial charge in [0.1, 0.15) is 11.5 Å². The van der Waals surface area contributed by atoms with Gasteiger partial charge in [0, 0.05) is 12.0 Å². The van der Waals surface area contributed by atoms with Crippen LogP contribution in [0.25, 0.3) is 6.08 Å². The Hall–Kier alpha value is -3.11. The van der Waals surface area contributed by atoms with Crippen molar-refractivity contribution < 1.29 is 14.3 Å². The average molecular weight is 407 g/mol. The first-order chi connectivity index (χ1) is 14.3. The van der Waals surface area contributed by atoms with E-state index in [1.807, 2.05) is 69.4 Å². The van der Waals surface area contributed by atoms with Gasteiger partial charge in [0.25, 0.3) is 0 Å². The first-order valence-corrected chi connectivity index (χ1v) is 9.88. The van der Waals surface area contributed by atoms with Crippen LogP contribution in [0.1, 0.15) is 46.6 Å². The molecule has 0 unspecified atom stereocenters.